The van der Waals surface area contributed by atoms with Gasteiger partial charge in [-0.25, -0.2) is 4.79 Å². The van der Waals surface area contributed by atoms with E-state index in [1.54, 1.807) is 0 Å². The van der Waals surface area contributed by atoms with E-state index in [9.17, 15) is 28.8 Å². The van der Waals surface area contributed by atoms with Crippen LogP contribution in [0.15, 0.2) is 0 Å². The highest BCUT2D eigenvalue weighted by Crippen LogP contribution is 2.27. The maximum absolute atomic E-state index is 12.0. The van der Waals surface area contributed by atoms with Crippen molar-refractivity contribution >= 4 is 35.1 Å². The summed E-state index contributed by atoms with van der Waals surface area (Å²) in [6.45, 7) is 0. The second-order valence-electron chi connectivity index (χ2n) is 5.32. The van der Waals surface area contributed by atoms with Crippen LogP contribution >= 0.6 is 0 Å². The summed E-state index contributed by atoms with van der Waals surface area (Å²) in [6.07, 6.45) is 2.34. The first kappa shape index (κ1) is 18.7. The van der Waals surface area contributed by atoms with E-state index in [-0.39, 0.29) is 12.8 Å². The van der Waals surface area contributed by atoms with Crippen LogP contribution in [0.25, 0.3) is 0 Å². The molecule has 1 saturated carbocycles. The Kier molecular flexibility index (Phi) is 6.74. The number of hydrogen-bond donors (Lipinski definition) is 1. The molecule has 0 bridgehead atoms. The number of methoxy groups -OCH3 is 1. The number of hydrogen-bond acceptors (Lipinski definition) is 7. The van der Waals surface area contributed by atoms with E-state index in [1.807, 2.05) is 0 Å². The third kappa shape index (κ3) is 4.54. The molecule has 0 spiro atoms. The number of Topliss-reactive ketones (excluding diaryl/α,β-unsaturated/α-hetero) is 4. The molecule has 8 heteroatoms. The van der Waals surface area contributed by atoms with Crippen LogP contribution in [0.2, 0.25) is 0 Å². The van der Waals surface area contributed by atoms with Crippen molar-refractivity contribution in [1.29, 1.82) is 0 Å². The van der Waals surface area contributed by atoms with Crippen LogP contribution in [-0.4, -0.2) is 47.3 Å². The van der Waals surface area contributed by atoms with Gasteiger partial charge in [-0.15, -0.1) is 0 Å². The molecule has 0 saturated heterocycles. The molecule has 126 valence electrons. The summed E-state index contributed by atoms with van der Waals surface area (Å²) in [5, 5.41) is 8.49. The molecule has 0 aromatic heterocycles. The van der Waals surface area contributed by atoms with Gasteiger partial charge in [-0.05, 0) is 12.8 Å². The Bertz CT molecular complexity index is 548. The number of carboxylic acid groups (broad SMARTS) is 1. The Balaban J connectivity index is 2.54. The van der Waals surface area contributed by atoms with E-state index in [0.29, 0.717) is 25.7 Å². The number of carbonyl (C=O) groups is 6. The van der Waals surface area contributed by atoms with E-state index in [0.717, 1.165) is 7.11 Å². The normalized spacial score (nSPS) is 20.7. The Morgan fingerprint density at radius 1 is 1.00 bits per heavy atom. The van der Waals surface area contributed by atoms with Crippen LogP contribution in [0.5, 0.6) is 0 Å². The molecule has 0 aromatic rings. The molecule has 0 unspecified atom stereocenters. The highest BCUT2D eigenvalue weighted by atomic mass is 16.5. The fourth-order valence-corrected chi connectivity index (χ4v) is 2.49. The van der Waals surface area contributed by atoms with E-state index in [2.05, 4.69) is 4.74 Å². The van der Waals surface area contributed by atoms with Gasteiger partial charge in [0.2, 0.25) is 11.6 Å². The van der Waals surface area contributed by atoms with Crippen molar-refractivity contribution in [2.45, 2.75) is 38.5 Å². The van der Waals surface area contributed by atoms with Gasteiger partial charge >= 0.3 is 11.9 Å². The lowest BCUT2D eigenvalue weighted by Crippen LogP contribution is -2.33. The molecule has 0 aliphatic heterocycles. The first-order valence-electron chi connectivity index (χ1n) is 7.27. The van der Waals surface area contributed by atoms with E-state index >= 15 is 0 Å². The van der Waals surface area contributed by atoms with Crippen molar-refractivity contribution in [3.63, 3.8) is 0 Å². The second kappa shape index (κ2) is 8.30. The molecule has 0 heterocycles. The fraction of sp³-hybridized carbons (Fsp3) is 0.600. The van der Waals surface area contributed by atoms with Crippen molar-refractivity contribution in [2.75, 3.05) is 7.11 Å². The number of unbranched alkanes of at least 4 members (excludes halogenated alkanes) is 3. The average Bonchev–Trinajstić information content (AvgIpc) is 2.72. The lowest BCUT2D eigenvalue weighted by Gasteiger charge is -2.06. The molecular weight excluding hydrogens is 308 g/mol. The molecule has 0 amide bonds. The van der Waals surface area contributed by atoms with Crippen molar-refractivity contribution in [3.05, 3.63) is 0 Å². The largest absolute Gasteiger partial charge is 0.481 e. The van der Waals surface area contributed by atoms with Gasteiger partial charge in [0, 0.05) is 6.42 Å². The third-order valence-corrected chi connectivity index (χ3v) is 3.73. The minimum absolute atomic E-state index is 0.0511. The maximum Gasteiger partial charge on any atom is 0.375 e. The number of carboxylic acids is 1. The lowest BCUT2D eigenvalue weighted by molar-refractivity contribution is -0.156. The van der Waals surface area contributed by atoms with Gasteiger partial charge in [-0.2, -0.15) is 0 Å². The van der Waals surface area contributed by atoms with Gasteiger partial charge in [0.05, 0.1) is 13.0 Å². The average molecular weight is 326 g/mol. The second-order valence-corrected chi connectivity index (χ2v) is 5.32. The van der Waals surface area contributed by atoms with Gasteiger partial charge in [-0.1, -0.05) is 19.3 Å². The number of aliphatic carboxylic acids is 1. The zero-order chi connectivity index (χ0) is 17.6. The van der Waals surface area contributed by atoms with Crippen LogP contribution in [-0.2, 0) is 33.5 Å². The molecule has 8 nitrogen and oxygen atoms in total. The molecule has 1 N–H and O–H groups in total. The Morgan fingerprint density at radius 2 is 1.61 bits per heavy atom. The SMILES string of the molecule is COC(=O)C(=O)[C@H]1C(=O)C(=O)[C@H](CCCCCCC(=O)O)C1=O. The van der Waals surface area contributed by atoms with Crippen LogP contribution in [0.4, 0.5) is 0 Å². The van der Waals surface area contributed by atoms with E-state index in [4.69, 9.17) is 5.11 Å². The molecule has 1 rings (SSSR count). The number of ketones is 4. The summed E-state index contributed by atoms with van der Waals surface area (Å²) >= 11 is 0. The smallest absolute Gasteiger partial charge is 0.375 e. The minimum atomic E-state index is -1.87. The topological polar surface area (TPSA) is 132 Å². The highest BCUT2D eigenvalue weighted by molar-refractivity contribution is 6.60. The third-order valence-electron chi connectivity index (χ3n) is 3.73. The fourth-order valence-electron chi connectivity index (χ4n) is 2.49. The summed E-state index contributed by atoms with van der Waals surface area (Å²) in [6, 6.07) is 0. The zero-order valence-electron chi connectivity index (χ0n) is 12.7. The van der Waals surface area contributed by atoms with Crippen LogP contribution in [0, 0.1) is 11.8 Å². The first-order chi connectivity index (χ1) is 10.8. The summed E-state index contributed by atoms with van der Waals surface area (Å²) in [7, 11) is 0.945. The first-order valence-corrected chi connectivity index (χ1v) is 7.27. The number of esters is 1. The van der Waals surface area contributed by atoms with Crippen molar-refractivity contribution in [1.82, 2.24) is 0 Å². The molecular formula is C15H18O8. The van der Waals surface area contributed by atoms with Crippen LogP contribution < -0.4 is 0 Å². The van der Waals surface area contributed by atoms with Gasteiger partial charge in [0.25, 0.3) is 5.78 Å². The number of carbonyl (C=O) groups excluding carboxylic acids is 5. The molecule has 2 atom stereocenters. The number of rotatable bonds is 9. The van der Waals surface area contributed by atoms with Gasteiger partial charge in [0.15, 0.2) is 11.7 Å². The van der Waals surface area contributed by atoms with Crippen molar-refractivity contribution in [2.24, 2.45) is 11.8 Å². The number of ether oxygens (including phenoxy) is 1. The van der Waals surface area contributed by atoms with E-state index in [1.165, 1.54) is 0 Å². The van der Waals surface area contributed by atoms with Crippen LogP contribution in [0.1, 0.15) is 38.5 Å². The zero-order valence-corrected chi connectivity index (χ0v) is 12.7. The quantitative estimate of drug-likeness (QED) is 0.273. The summed E-state index contributed by atoms with van der Waals surface area (Å²) in [5.74, 6) is -9.52. The van der Waals surface area contributed by atoms with Gasteiger partial charge in [0.1, 0.15) is 0 Å². The molecule has 23 heavy (non-hydrogen) atoms. The summed E-state index contributed by atoms with van der Waals surface area (Å²) < 4.78 is 4.18. The summed E-state index contributed by atoms with van der Waals surface area (Å²) in [5.41, 5.74) is 0. The van der Waals surface area contributed by atoms with Crippen molar-refractivity contribution < 1.29 is 38.6 Å². The Hall–Kier alpha value is -2.38. The predicted molar refractivity (Wildman–Crippen MR) is 74.4 cm³/mol. The Morgan fingerprint density at radius 3 is 2.17 bits per heavy atom. The minimum Gasteiger partial charge on any atom is -0.481 e. The monoisotopic (exact) mass is 326 g/mol. The van der Waals surface area contributed by atoms with Gasteiger partial charge in [-0.3, -0.25) is 24.0 Å². The standard InChI is InChI=1S/C15H18O8/c1-23-15(22)14(21)10-11(18)8(12(19)13(10)20)6-4-2-3-5-7-9(16)17/h8,10H,2-7H2,1H3,(H,16,17)/t8-,10-/m1/s1. The van der Waals surface area contributed by atoms with Gasteiger partial charge < -0.3 is 9.84 Å². The maximum atomic E-state index is 12.0. The lowest BCUT2D eigenvalue weighted by atomic mass is 9.94. The molecule has 1 aliphatic rings. The Labute approximate surface area is 132 Å². The molecule has 0 radical (unpaired) electrons. The highest BCUT2D eigenvalue weighted by Gasteiger charge is 2.53. The van der Waals surface area contributed by atoms with E-state index < -0.39 is 46.9 Å². The predicted octanol–water partition coefficient (Wildman–Crippen LogP) is 0.107. The molecule has 1 aliphatic carbocycles. The van der Waals surface area contributed by atoms with Crippen LogP contribution in [0.3, 0.4) is 0 Å². The molecule has 1 fully saturated rings. The molecule has 0 aromatic carbocycles. The summed E-state index contributed by atoms with van der Waals surface area (Å²) in [4.78, 5) is 68.7. The van der Waals surface area contributed by atoms with Crippen molar-refractivity contribution in [3.8, 4) is 0 Å².